The van der Waals surface area contributed by atoms with E-state index in [1.807, 2.05) is 42.6 Å². The Morgan fingerprint density at radius 3 is 2.64 bits per heavy atom. The Balaban J connectivity index is 1.87. The van der Waals surface area contributed by atoms with Crippen molar-refractivity contribution in [3.63, 3.8) is 0 Å². The van der Waals surface area contributed by atoms with E-state index in [0.717, 1.165) is 35.3 Å². The largest absolute Gasteiger partial charge is 0.315 e. The number of aromatic nitrogens is 4. The third-order valence-electron chi connectivity index (χ3n) is 4.50. The fourth-order valence-electron chi connectivity index (χ4n) is 3.05. The molecule has 0 radical (unpaired) electrons. The lowest BCUT2D eigenvalue weighted by Gasteiger charge is -2.09. The lowest BCUT2D eigenvalue weighted by atomic mass is 10.1. The highest BCUT2D eigenvalue weighted by atomic mass is 16.1. The topological polar surface area (TPSA) is 52.2 Å². The molecule has 0 saturated heterocycles. The van der Waals surface area contributed by atoms with Crippen LogP contribution >= 0.6 is 0 Å². The van der Waals surface area contributed by atoms with Crippen LogP contribution in [0, 0.1) is 5.92 Å². The lowest BCUT2D eigenvalue weighted by molar-refractivity contribution is 0.509. The summed E-state index contributed by atoms with van der Waals surface area (Å²) in [5.74, 6) is 0.558. The van der Waals surface area contributed by atoms with Crippen LogP contribution in [-0.4, -0.2) is 19.2 Å². The number of nitrogens with zero attached hydrogens (tertiary/aromatic N) is 4. The number of hydrogen-bond donors (Lipinski definition) is 0. The minimum absolute atomic E-state index is 0.00990. The smallest absolute Gasteiger partial charge is 0.261 e. The molecule has 0 spiro atoms. The van der Waals surface area contributed by atoms with E-state index in [4.69, 9.17) is 0 Å². The molecule has 4 aromatic rings. The molecule has 0 bridgehead atoms. The first-order chi connectivity index (χ1) is 12.1. The molecule has 3 aromatic heterocycles. The van der Waals surface area contributed by atoms with Gasteiger partial charge in [-0.1, -0.05) is 44.2 Å². The quantitative estimate of drug-likeness (QED) is 0.572. The molecule has 0 aliphatic carbocycles. The monoisotopic (exact) mass is 332 g/mol. The molecule has 0 atom stereocenters. The summed E-state index contributed by atoms with van der Waals surface area (Å²) in [7, 11) is 0. The summed E-state index contributed by atoms with van der Waals surface area (Å²) in [5.41, 5.74) is 3.57. The first kappa shape index (κ1) is 15.6. The highest BCUT2D eigenvalue weighted by Gasteiger charge is 2.12. The molecule has 0 saturated carbocycles. The van der Waals surface area contributed by atoms with Crippen molar-refractivity contribution in [2.24, 2.45) is 5.92 Å². The van der Waals surface area contributed by atoms with Gasteiger partial charge in [-0.25, -0.2) is 9.50 Å². The van der Waals surface area contributed by atoms with Gasteiger partial charge in [-0.2, -0.15) is 5.10 Å². The van der Waals surface area contributed by atoms with Gasteiger partial charge in [0.05, 0.1) is 17.1 Å². The summed E-state index contributed by atoms with van der Waals surface area (Å²) in [5, 5.41) is 5.07. The van der Waals surface area contributed by atoms with E-state index < -0.39 is 0 Å². The van der Waals surface area contributed by atoms with Crippen LogP contribution < -0.4 is 5.56 Å². The molecule has 5 nitrogen and oxygen atoms in total. The van der Waals surface area contributed by atoms with Crippen molar-refractivity contribution in [2.45, 2.75) is 26.8 Å². The second-order valence-electron chi connectivity index (χ2n) is 6.71. The van der Waals surface area contributed by atoms with E-state index in [1.54, 1.807) is 21.5 Å². The summed E-state index contributed by atoms with van der Waals surface area (Å²) in [6.45, 7) is 5.04. The van der Waals surface area contributed by atoms with Gasteiger partial charge in [0, 0.05) is 24.5 Å². The highest BCUT2D eigenvalue weighted by molar-refractivity contribution is 5.84. The second kappa shape index (κ2) is 6.16. The molecule has 126 valence electrons. The molecule has 5 heteroatoms. The predicted octanol–water partition coefficient (Wildman–Crippen LogP) is 3.76. The molecule has 0 unspecified atom stereocenters. The molecule has 4 rings (SSSR count). The molecule has 0 fully saturated rings. The minimum Gasteiger partial charge on any atom is -0.315 e. The number of rotatable bonds is 4. The van der Waals surface area contributed by atoms with Gasteiger partial charge in [-0.05, 0) is 24.0 Å². The maximum Gasteiger partial charge on any atom is 0.261 e. The van der Waals surface area contributed by atoms with Gasteiger partial charge in [0.15, 0.2) is 5.65 Å². The number of fused-ring (bicyclic) bond motifs is 3. The van der Waals surface area contributed by atoms with Gasteiger partial charge < -0.3 is 4.57 Å². The Morgan fingerprint density at radius 1 is 1.08 bits per heavy atom. The zero-order valence-electron chi connectivity index (χ0n) is 14.4. The average Bonchev–Trinajstić information content (AvgIpc) is 3.06. The molecule has 0 aliphatic heterocycles. The Kier molecular flexibility index (Phi) is 3.84. The summed E-state index contributed by atoms with van der Waals surface area (Å²) in [6.07, 6.45) is 6.31. The molecule has 25 heavy (non-hydrogen) atoms. The zero-order chi connectivity index (χ0) is 17.4. The van der Waals surface area contributed by atoms with Crippen molar-refractivity contribution in [2.75, 3.05) is 0 Å². The van der Waals surface area contributed by atoms with Gasteiger partial charge in [0.1, 0.15) is 0 Å². The van der Waals surface area contributed by atoms with Crippen molar-refractivity contribution in [1.82, 2.24) is 19.2 Å². The number of pyridine rings is 1. The standard InChI is InChI=1S/C20H20N4O/c1-14(2)8-10-23-11-9-18-17(20(23)25)12-21-19-16(13-22-24(18)19)15-6-4-3-5-7-15/h3-7,9,11-14H,8,10H2,1-2H3. The van der Waals surface area contributed by atoms with Gasteiger partial charge >= 0.3 is 0 Å². The van der Waals surface area contributed by atoms with Crippen LogP contribution in [0.4, 0.5) is 0 Å². The highest BCUT2D eigenvalue weighted by Crippen LogP contribution is 2.24. The summed E-state index contributed by atoms with van der Waals surface area (Å²) in [6, 6.07) is 12.0. The van der Waals surface area contributed by atoms with Crippen LogP contribution in [-0.2, 0) is 6.54 Å². The molecule has 3 heterocycles. The van der Waals surface area contributed by atoms with E-state index >= 15 is 0 Å². The van der Waals surface area contributed by atoms with Crippen LogP contribution in [0.1, 0.15) is 20.3 Å². The van der Waals surface area contributed by atoms with Crippen LogP contribution in [0.2, 0.25) is 0 Å². The molecule has 0 amide bonds. The van der Waals surface area contributed by atoms with Crippen LogP contribution in [0.5, 0.6) is 0 Å². The predicted molar refractivity (Wildman–Crippen MR) is 99.6 cm³/mol. The molecule has 0 aliphatic rings. The normalized spacial score (nSPS) is 11.6. The SMILES string of the molecule is CC(C)CCn1ccc2c(cnc3c(-c4ccccc4)cnn32)c1=O. The second-order valence-corrected chi connectivity index (χ2v) is 6.71. The van der Waals surface area contributed by atoms with Crippen LogP contribution in [0.3, 0.4) is 0 Å². The van der Waals surface area contributed by atoms with E-state index in [1.165, 1.54) is 0 Å². The van der Waals surface area contributed by atoms with Gasteiger partial charge in [-0.15, -0.1) is 0 Å². The van der Waals surface area contributed by atoms with Crippen LogP contribution in [0.15, 0.2) is 59.8 Å². The van der Waals surface area contributed by atoms with Crippen molar-refractivity contribution in [3.05, 3.63) is 65.3 Å². The number of hydrogen-bond acceptors (Lipinski definition) is 3. The summed E-state index contributed by atoms with van der Waals surface area (Å²) >= 11 is 0. The molecule has 0 N–H and O–H groups in total. The van der Waals surface area contributed by atoms with E-state index in [-0.39, 0.29) is 5.56 Å². The first-order valence-electron chi connectivity index (χ1n) is 8.56. The Hall–Kier alpha value is -2.95. The molecular weight excluding hydrogens is 312 g/mol. The van der Waals surface area contributed by atoms with Gasteiger partial charge in [-0.3, -0.25) is 4.79 Å². The van der Waals surface area contributed by atoms with Crippen molar-refractivity contribution < 1.29 is 0 Å². The minimum atomic E-state index is -0.00990. The fourth-order valence-corrected chi connectivity index (χ4v) is 3.05. The van der Waals surface area contributed by atoms with E-state index in [9.17, 15) is 4.79 Å². The Labute approximate surface area is 145 Å². The number of benzene rings is 1. The van der Waals surface area contributed by atoms with E-state index in [2.05, 4.69) is 23.9 Å². The molecule has 1 aromatic carbocycles. The zero-order valence-corrected chi connectivity index (χ0v) is 14.4. The van der Waals surface area contributed by atoms with Crippen molar-refractivity contribution >= 4 is 16.6 Å². The Bertz CT molecular complexity index is 1090. The fraction of sp³-hybridized carbons (Fsp3) is 0.250. The summed E-state index contributed by atoms with van der Waals surface area (Å²) < 4.78 is 3.52. The maximum atomic E-state index is 12.7. The van der Waals surface area contributed by atoms with Gasteiger partial charge in [0.25, 0.3) is 5.56 Å². The third-order valence-corrected chi connectivity index (χ3v) is 4.50. The lowest BCUT2D eigenvalue weighted by Crippen LogP contribution is -2.21. The first-order valence-corrected chi connectivity index (χ1v) is 8.56. The van der Waals surface area contributed by atoms with E-state index in [0.29, 0.717) is 11.3 Å². The van der Waals surface area contributed by atoms with Crippen molar-refractivity contribution in [1.29, 1.82) is 0 Å². The average molecular weight is 332 g/mol. The van der Waals surface area contributed by atoms with Gasteiger partial charge in [0.2, 0.25) is 0 Å². The van der Waals surface area contributed by atoms with Crippen molar-refractivity contribution in [3.8, 4) is 11.1 Å². The maximum absolute atomic E-state index is 12.7. The third kappa shape index (κ3) is 2.71. The Morgan fingerprint density at radius 2 is 1.88 bits per heavy atom. The number of aryl methyl sites for hydroxylation is 1. The molecular formula is C20H20N4O. The van der Waals surface area contributed by atoms with Crippen LogP contribution in [0.25, 0.3) is 27.7 Å². The summed E-state index contributed by atoms with van der Waals surface area (Å²) in [4.78, 5) is 17.3.